The molecular weight excluding hydrogens is 232 g/mol. The average Bonchev–Trinajstić information content (AvgIpc) is 2.82. The summed E-state index contributed by atoms with van der Waals surface area (Å²) in [4.78, 5) is 15.3. The maximum absolute atomic E-state index is 12.1. The van der Waals surface area contributed by atoms with Crippen molar-refractivity contribution in [2.45, 2.75) is 26.3 Å². The van der Waals surface area contributed by atoms with E-state index < -0.39 is 0 Å². The monoisotopic (exact) mass is 252 g/mol. The van der Waals surface area contributed by atoms with Crippen LogP contribution in [0.2, 0.25) is 0 Å². The molecule has 0 aliphatic carbocycles. The Kier molecular flexibility index (Phi) is 4.18. The van der Waals surface area contributed by atoms with Crippen LogP contribution in [-0.4, -0.2) is 36.5 Å². The molecule has 3 nitrogen and oxygen atoms in total. The van der Waals surface area contributed by atoms with E-state index in [-0.39, 0.29) is 5.91 Å². The van der Waals surface area contributed by atoms with Crippen LogP contribution in [0.1, 0.15) is 18.7 Å². The first-order valence-corrected chi connectivity index (χ1v) is 7.08. The second kappa shape index (κ2) is 5.65. The van der Waals surface area contributed by atoms with E-state index in [9.17, 15) is 4.79 Å². The minimum absolute atomic E-state index is 0.264. The fourth-order valence-electron chi connectivity index (χ4n) is 2.13. The first kappa shape index (κ1) is 12.6. The Bertz CT molecular complexity index is 362. The fraction of sp³-hybridized carbons (Fsp3) is 0.615. The summed E-state index contributed by atoms with van der Waals surface area (Å²) in [6.45, 7) is 7.00. The van der Waals surface area contributed by atoms with Crippen molar-refractivity contribution in [2.24, 2.45) is 5.92 Å². The van der Waals surface area contributed by atoms with E-state index >= 15 is 0 Å². The molecule has 1 unspecified atom stereocenters. The molecule has 1 fully saturated rings. The Morgan fingerprint density at radius 1 is 1.65 bits per heavy atom. The van der Waals surface area contributed by atoms with Crippen LogP contribution < -0.4 is 5.32 Å². The van der Waals surface area contributed by atoms with Crippen molar-refractivity contribution < 1.29 is 4.79 Å². The highest BCUT2D eigenvalue weighted by Gasteiger charge is 2.24. The molecular formula is C13H20N2OS. The van der Waals surface area contributed by atoms with Gasteiger partial charge in [-0.2, -0.15) is 0 Å². The molecule has 0 radical (unpaired) electrons. The fourth-order valence-corrected chi connectivity index (χ4v) is 2.82. The SMILES string of the molecule is CC(C)C1CN(C(=O)Cc2cccs2)CCN1. The van der Waals surface area contributed by atoms with Crippen LogP contribution in [0.15, 0.2) is 17.5 Å². The summed E-state index contributed by atoms with van der Waals surface area (Å²) in [7, 11) is 0. The quantitative estimate of drug-likeness (QED) is 0.889. The molecule has 1 N–H and O–H groups in total. The highest BCUT2D eigenvalue weighted by atomic mass is 32.1. The Hall–Kier alpha value is -0.870. The van der Waals surface area contributed by atoms with Gasteiger partial charge in [0.05, 0.1) is 6.42 Å². The standard InChI is InChI=1S/C13H20N2OS/c1-10(2)12-9-15(6-5-14-12)13(16)8-11-4-3-7-17-11/h3-4,7,10,12,14H,5-6,8-9H2,1-2H3. The minimum Gasteiger partial charge on any atom is -0.340 e. The summed E-state index contributed by atoms with van der Waals surface area (Å²) in [5.41, 5.74) is 0. The molecule has 0 spiro atoms. The molecule has 0 saturated carbocycles. The van der Waals surface area contributed by atoms with Crippen molar-refractivity contribution in [1.82, 2.24) is 10.2 Å². The van der Waals surface area contributed by atoms with Crippen LogP contribution in [0.3, 0.4) is 0 Å². The molecule has 1 aromatic rings. The van der Waals surface area contributed by atoms with E-state index in [0.29, 0.717) is 18.4 Å². The lowest BCUT2D eigenvalue weighted by Crippen LogP contribution is -2.54. The van der Waals surface area contributed by atoms with Gasteiger partial charge in [-0.1, -0.05) is 19.9 Å². The highest BCUT2D eigenvalue weighted by Crippen LogP contribution is 2.13. The first-order valence-electron chi connectivity index (χ1n) is 6.20. The van der Waals surface area contributed by atoms with Crippen molar-refractivity contribution in [3.8, 4) is 0 Å². The Labute approximate surface area is 107 Å². The predicted octanol–water partition coefficient (Wildman–Crippen LogP) is 1.75. The number of piperazine rings is 1. The van der Waals surface area contributed by atoms with Crippen molar-refractivity contribution in [2.75, 3.05) is 19.6 Å². The lowest BCUT2D eigenvalue weighted by atomic mass is 10.0. The molecule has 0 bridgehead atoms. The summed E-state index contributed by atoms with van der Waals surface area (Å²) < 4.78 is 0. The van der Waals surface area contributed by atoms with E-state index in [4.69, 9.17) is 0 Å². The second-order valence-corrected chi connectivity index (χ2v) is 5.93. The molecule has 2 rings (SSSR count). The van der Waals surface area contributed by atoms with Gasteiger partial charge in [0.1, 0.15) is 0 Å². The van der Waals surface area contributed by atoms with Gasteiger partial charge in [-0.15, -0.1) is 11.3 Å². The van der Waals surface area contributed by atoms with Gasteiger partial charge in [-0.3, -0.25) is 4.79 Å². The molecule has 94 valence electrons. The van der Waals surface area contributed by atoms with E-state index in [1.165, 1.54) is 0 Å². The highest BCUT2D eigenvalue weighted by molar-refractivity contribution is 7.10. The number of rotatable bonds is 3. The summed E-state index contributed by atoms with van der Waals surface area (Å²) in [5, 5.41) is 5.50. The smallest absolute Gasteiger partial charge is 0.227 e. The van der Waals surface area contributed by atoms with Crippen molar-refractivity contribution >= 4 is 17.2 Å². The van der Waals surface area contributed by atoms with E-state index in [0.717, 1.165) is 24.5 Å². The number of nitrogens with zero attached hydrogens (tertiary/aromatic N) is 1. The predicted molar refractivity (Wildman–Crippen MR) is 71.2 cm³/mol. The number of thiophene rings is 1. The van der Waals surface area contributed by atoms with E-state index in [2.05, 4.69) is 19.2 Å². The largest absolute Gasteiger partial charge is 0.340 e. The lowest BCUT2D eigenvalue weighted by molar-refractivity contribution is -0.131. The van der Waals surface area contributed by atoms with Crippen LogP contribution in [-0.2, 0) is 11.2 Å². The minimum atomic E-state index is 0.264. The summed E-state index contributed by atoms with van der Waals surface area (Å²) in [6, 6.07) is 4.48. The maximum Gasteiger partial charge on any atom is 0.227 e. The third-order valence-electron chi connectivity index (χ3n) is 3.27. The van der Waals surface area contributed by atoms with Gasteiger partial charge in [0, 0.05) is 30.6 Å². The molecule has 1 amide bonds. The van der Waals surface area contributed by atoms with Crippen LogP contribution in [0, 0.1) is 5.92 Å². The topological polar surface area (TPSA) is 32.3 Å². The van der Waals surface area contributed by atoms with Gasteiger partial charge >= 0.3 is 0 Å². The van der Waals surface area contributed by atoms with Crippen LogP contribution in [0.4, 0.5) is 0 Å². The number of hydrogen-bond acceptors (Lipinski definition) is 3. The number of carbonyl (C=O) groups excluding carboxylic acids is 1. The average molecular weight is 252 g/mol. The Balaban J connectivity index is 1.91. The summed E-state index contributed by atoms with van der Waals surface area (Å²) in [6.07, 6.45) is 0.558. The van der Waals surface area contributed by atoms with Crippen molar-refractivity contribution in [1.29, 1.82) is 0 Å². The zero-order chi connectivity index (χ0) is 12.3. The third-order valence-corrected chi connectivity index (χ3v) is 4.14. The maximum atomic E-state index is 12.1. The van der Waals surface area contributed by atoms with E-state index in [1.54, 1.807) is 11.3 Å². The lowest BCUT2D eigenvalue weighted by Gasteiger charge is -2.35. The Morgan fingerprint density at radius 3 is 3.12 bits per heavy atom. The molecule has 17 heavy (non-hydrogen) atoms. The third kappa shape index (κ3) is 3.30. The number of amides is 1. The van der Waals surface area contributed by atoms with E-state index in [1.807, 2.05) is 22.4 Å². The molecule has 1 aromatic heterocycles. The number of nitrogens with one attached hydrogen (secondary N) is 1. The van der Waals surface area contributed by atoms with Crippen molar-refractivity contribution in [3.63, 3.8) is 0 Å². The Morgan fingerprint density at radius 2 is 2.47 bits per heavy atom. The van der Waals surface area contributed by atoms with Gasteiger partial charge in [-0.25, -0.2) is 0 Å². The molecule has 1 atom stereocenters. The normalized spacial score (nSPS) is 20.9. The summed E-state index contributed by atoms with van der Waals surface area (Å²) >= 11 is 1.66. The zero-order valence-corrected chi connectivity index (χ0v) is 11.3. The molecule has 1 saturated heterocycles. The zero-order valence-electron chi connectivity index (χ0n) is 10.5. The number of hydrogen-bond donors (Lipinski definition) is 1. The molecule has 0 aromatic carbocycles. The van der Waals surface area contributed by atoms with Crippen molar-refractivity contribution in [3.05, 3.63) is 22.4 Å². The molecule has 2 heterocycles. The van der Waals surface area contributed by atoms with Crippen LogP contribution >= 0.6 is 11.3 Å². The first-order chi connectivity index (χ1) is 8.16. The van der Waals surface area contributed by atoms with Gasteiger partial charge < -0.3 is 10.2 Å². The summed E-state index contributed by atoms with van der Waals surface area (Å²) in [5.74, 6) is 0.840. The van der Waals surface area contributed by atoms with Crippen LogP contribution in [0.5, 0.6) is 0 Å². The molecule has 1 aliphatic heterocycles. The molecule has 1 aliphatic rings. The number of carbonyl (C=O) groups is 1. The second-order valence-electron chi connectivity index (χ2n) is 4.90. The van der Waals surface area contributed by atoms with Gasteiger partial charge in [0.15, 0.2) is 0 Å². The van der Waals surface area contributed by atoms with Gasteiger partial charge in [-0.05, 0) is 17.4 Å². The molecule has 4 heteroatoms. The van der Waals surface area contributed by atoms with Gasteiger partial charge in [0.2, 0.25) is 5.91 Å². The van der Waals surface area contributed by atoms with Crippen LogP contribution in [0.25, 0.3) is 0 Å². The van der Waals surface area contributed by atoms with Gasteiger partial charge in [0.25, 0.3) is 0 Å².